The Morgan fingerprint density at radius 3 is 2.02 bits per heavy atom. The first-order valence-electron chi connectivity index (χ1n) is 24.4. The van der Waals surface area contributed by atoms with Crippen LogP contribution in [-0.4, -0.2) is 98.8 Å². The molecule has 6 rings (SSSR count). The standard InChI is InChI=1S/C49H82O10Si3/c1-15-61(16-2,17-3)58-36(28-29-53-60(13)14)33(7)40-41-43(56-47(10,11)55-41)48(12)38(59-62(18-4,19-5)20-6)30-39-49(32-52-39,57-45(51)35-26-27-35)42(48)37(31-46(40,8)9)54-44(50)34-24-22-21-23-25-34/h21-25,35-39,41-43,60H,15-20,26-32H2,1-14H3/b40-33-/t36?,37?,38?,39?,41?,42?,43?,48-,49?/m1/s1. The molecule has 5 aliphatic rings. The highest BCUT2D eigenvalue weighted by Crippen LogP contribution is 2.65. The second kappa shape index (κ2) is 19.3. The summed E-state index contributed by atoms with van der Waals surface area (Å²) in [4.78, 5) is 28.7. The van der Waals surface area contributed by atoms with Crippen LogP contribution in [0.25, 0.3) is 0 Å². The minimum atomic E-state index is -2.29. The first-order valence-corrected chi connectivity index (χ1v) is 32.2. The monoisotopic (exact) mass is 915 g/mol. The summed E-state index contributed by atoms with van der Waals surface area (Å²) in [7, 11) is -5.70. The van der Waals surface area contributed by atoms with Crippen LogP contribution in [0.3, 0.4) is 0 Å². The molecule has 0 N–H and O–H groups in total. The summed E-state index contributed by atoms with van der Waals surface area (Å²) in [5.41, 5.74) is 0.221. The lowest BCUT2D eigenvalue weighted by Crippen LogP contribution is -2.79. The molecule has 2 aliphatic heterocycles. The van der Waals surface area contributed by atoms with Gasteiger partial charge in [-0.3, -0.25) is 4.79 Å². The SMILES string of the molecule is CC[Si](CC)(CC)OC(CCO[SiH](C)C)/C(C)=C1/C2OC(C)(C)OC2[C@]2(C)C(O[Si](CC)(CC)CC)CC3OCC3(OC(=O)C3CC3)C2C(OC(=O)c2ccccc2)CC1(C)C. The number of hydrogen-bond donors (Lipinski definition) is 0. The van der Waals surface area contributed by atoms with Crippen molar-refractivity contribution < 1.29 is 46.6 Å². The maximum absolute atomic E-state index is 14.6. The van der Waals surface area contributed by atoms with Gasteiger partial charge in [0.05, 0.1) is 42.3 Å². The number of carbonyl (C=O) groups excluding carboxylic acids is 2. The molecule has 1 aromatic rings. The van der Waals surface area contributed by atoms with Crippen molar-refractivity contribution in [2.45, 2.75) is 213 Å². The fourth-order valence-corrected chi connectivity index (χ4v) is 18.3. The van der Waals surface area contributed by atoms with Gasteiger partial charge in [-0.25, -0.2) is 4.79 Å². The molecule has 3 aliphatic carbocycles. The summed E-state index contributed by atoms with van der Waals surface area (Å²) in [5, 5.41) is 0. The van der Waals surface area contributed by atoms with Crippen LogP contribution in [0.1, 0.15) is 126 Å². The van der Waals surface area contributed by atoms with Crippen LogP contribution in [0.4, 0.5) is 0 Å². The molecular formula is C49H82O10Si3. The molecule has 0 spiro atoms. The molecule has 0 aromatic heterocycles. The third-order valence-corrected chi connectivity index (χ3v) is 26.2. The van der Waals surface area contributed by atoms with E-state index in [-0.39, 0.29) is 30.7 Å². The average molecular weight is 915 g/mol. The lowest BCUT2D eigenvalue weighted by atomic mass is 9.48. The summed E-state index contributed by atoms with van der Waals surface area (Å²) in [5.74, 6) is -2.22. The summed E-state index contributed by atoms with van der Waals surface area (Å²) >= 11 is 0. The van der Waals surface area contributed by atoms with Crippen LogP contribution in [0.15, 0.2) is 41.5 Å². The largest absolute Gasteiger partial charge is 0.458 e. The highest BCUT2D eigenvalue weighted by Gasteiger charge is 2.76. The Labute approximate surface area is 378 Å². The van der Waals surface area contributed by atoms with Gasteiger partial charge < -0.3 is 37.0 Å². The fourth-order valence-electron chi connectivity index (χ4n) is 11.8. The van der Waals surface area contributed by atoms with Gasteiger partial charge in [-0.2, -0.15) is 0 Å². The van der Waals surface area contributed by atoms with E-state index in [0.717, 1.165) is 66.7 Å². The van der Waals surface area contributed by atoms with Crippen LogP contribution in [0.2, 0.25) is 49.4 Å². The van der Waals surface area contributed by atoms with Gasteiger partial charge in [0.1, 0.15) is 18.3 Å². The number of benzene rings is 1. The minimum Gasteiger partial charge on any atom is -0.458 e. The van der Waals surface area contributed by atoms with Crippen molar-refractivity contribution in [3.05, 3.63) is 47.0 Å². The van der Waals surface area contributed by atoms with Gasteiger partial charge in [-0.1, -0.05) is 80.5 Å². The van der Waals surface area contributed by atoms with Gasteiger partial charge in [0, 0.05) is 18.4 Å². The Balaban J connectivity index is 1.63. The van der Waals surface area contributed by atoms with E-state index in [1.54, 1.807) is 0 Å². The molecule has 10 nitrogen and oxygen atoms in total. The normalized spacial score (nSPS) is 33.0. The van der Waals surface area contributed by atoms with Gasteiger partial charge in [0.15, 0.2) is 37.1 Å². The quantitative estimate of drug-likeness (QED) is 0.0756. The highest BCUT2D eigenvalue weighted by molar-refractivity contribution is 6.74. The van der Waals surface area contributed by atoms with Crippen LogP contribution >= 0.6 is 0 Å². The summed E-state index contributed by atoms with van der Waals surface area (Å²) in [6, 6.07) is 15.2. The molecule has 1 aromatic carbocycles. The Bertz CT molecular complexity index is 1720. The first kappa shape index (κ1) is 49.7. The molecule has 350 valence electrons. The molecule has 2 heterocycles. The van der Waals surface area contributed by atoms with E-state index in [0.29, 0.717) is 25.0 Å². The molecule has 9 atom stereocenters. The van der Waals surface area contributed by atoms with Gasteiger partial charge in [-0.05, 0) is 125 Å². The van der Waals surface area contributed by atoms with Gasteiger partial charge in [0.2, 0.25) is 0 Å². The van der Waals surface area contributed by atoms with Crippen molar-refractivity contribution in [3.63, 3.8) is 0 Å². The summed E-state index contributed by atoms with van der Waals surface area (Å²) < 4.78 is 56.8. The second-order valence-electron chi connectivity index (χ2n) is 20.9. The number of rotatable bonds is 19. The van der Waals surface area contributed by atoms with Crippen molar-refractivity contribution in [2.24, 2.45) is 22.7 Å². The Kier molecular flexibility index (Phi) is 15.5. The Morgan fingerprint density at radius 2 is 1.48 bits per heavy atom. The van der Waals surface area contributed by atoms with E-state index < -0.39 is 84.2 Å². The molecule has 0 radical (unpaired) electrons. The van der Waals surface area contributed by atoms with Crippen molar-refractivity contribution in [3.8, 4) is 0 Å². The zero-order valence-corrected chi connectivity index (χ0v) is 44.0. The zero-order chi connectivity index (χ0) is 45.5. The van der Waals surface area contributed by atoms with E-state index in [4.69, 9.17) is 37.0 Å². The lowest BCUT2D eigenvalue weighted by Gasteiger charge is -2.67. The smallest absolute Gasteiger partial charge is 0.338 e. The first-order chi connectivity index (χ1) is 29.2. The lowest BCUT2D eigenvalue weighted by molar-refractivity contribution is -0.347. The predicted octanol–water partition coefficient (Wildman–Crippen LogP) is 10.8. The number of hydrogen-bond acceptors (Lipinski definition) is 10. The molecule has 0 bridgehead atoms. The minimum absolute atomic E-state index is 0.124. The fraction of sp³-hybridized carbons (Fsp3) is 0.796. The van der Waals surface area contributed by atoms with Gasteiger partial charge in [-0.15, -0.1) is 0 Å². The predicted molar refractivity (Wildman–Crippen MR) is 252 cm³/mol. The number of carbonyl (C=O) groups is 2. The summed E-state index contributed by atoms with van der Waals surface area (Å²) in [6.45, 7) is 32.0. The van der Waals surface area contributed by atoms with E-state index >= 15 is 0 Å². The summed E-state index contributed by atoms with van der Waals surface area (Å²) in [6.07, 6.45) is 0.616. The third kappa shape index (κ3) is 9.59. The number of ether oxygens (including phenoxy) is 5. The third-order valence-electron chi connectivity index (χ3n) is 16.0. The van der Waals surface area contributed by atoms with E-state index in [2.05, 4.69) is 82.3 Å². The molecule has 0 amide bonds. The van der Waals surface area contributed by atoms with Gasteiger partial charge >= 0.3 is 11.9 Å². The molecular weight excluding hydrogens is 833 g/mol. The molecule has 5 fully saturated rings. The molecule has 13 heteroatoms. The zero-order valence-electron chi connectivity index (χ0n) is 40.9. The second-order valence-corrected chi connectivity index (χ2v) is 32.8. The van der Waals surface area contributed by atoms with Crippen molar-refractivity contribution >= 4 is 37.6 Å². The highest BCUT2D eigenvalue weighted by atomic mass is 28.4. The maximum atomic E-state index is 14.6. The van der Waals surface area contributed by atoms with Gasteiger partial charge in [0.25, 0.3) is 0 Å². The van der Waals surface area contributed by atoms with Crippen molar-refractivity contribution in [1.29, 1.82) is 0 Å². The van der Waals surface area contributed by atoms with Crippen LogP contribution in [-0.2, 0) is 41.8 Å². The van der Waals surface area contributed by atoms with Crippen molar-refractivity contribution in [1.82, 2.24) is 0 Å². The Hall–Kier alpha value is -1.69. The molecule has 8 unspecified atom stereocenters. The topological polar surface area (TPSA) is 108 Å². The molecule has 62 heavy (non-hydrogen) atoms. The van der Waals surface area contributed by atoms with E-state index in [1.165, 1.54) is 0 Å². The maximum Gasteiger partial charge on any atom is 0.338 e. The molecule has 2 saturated heterocycles. The van der Waals surface area contributed by atoms with E-state index in [9.17, 15) is 9.59 Å². The molecule has 3 saturated carbocycles. The van der Waals surface area contributed by atoms with Crippen molar-refractivity contribution in [2.75, 3.05) is 13.2 Å². The van der Waals surface area contributed by atoms with Crippen LogP contribution in [0, 0.1) is 22.7 Å². The van der Waals surface area contributed by atoms with Crippen LogP contribution in [0.5, 0.6) is 0 Å². The number of fused-ring (bicyclic) bond motifs is 5. The van der Waals surface area contributed by atoms with E-state index in [1.807, 2.05) is 44.2 Å². The Morgan fingerprint density at radius 1 is 0.871 bits per heavy atom. The van der Waals surface area contributed by atoms with Crippen LogP contribution < -0.4 is 0 Å². The average Bonchev–Trinajstić information content (AvgIpc) is 4.04. The number of esters is 2.